The Balaban J connectivity index is 0.00000150. The maximum atomic E-state index is 2.48. The summed E-state index contributed by atoms with van der Waals surface area (Å²) in [4.78, 5) is 0. The van der Waals surface area contributed by atoms with Crippen LogP contribution in [0.3, 0.4) is 0 Å². The van der Waals surface area contributed by atoms with Gasteiger partial charge in [0.25, 0.3) is 0 Å². The van der Waals surface area contributed by atoms with Gasteiger partial charge in [0.05, 0.1) is 0 Å². The fourth-order valence-electron chi connectivity index (χ4n) is 4.20. The standard InChI is InChI=1S/C26H29.2ClH.Zr/c1-25(2,3)19-12-11-18-13-23-21(17-9-7-8-10-17)15-20(26(4,5)6)16-24(23)22(18)14-19;;;/h7-9,11-16H,10H2,1-6H3;2*1H;/q;;;+2/p-2. The Kier molecular flexibility index (Phi) is 7.22. The van der Waals surface area contributed by atoms with Gasteiger partial charge in [0.2, 0.25) is 0 Å². The van der Waals surface area contributed by atoms with Gasteiger partial charge >= 0.3 is 180 Å². The zero-order valence-electron chi connectivity index (χ0n) is 18.2. The third-order valence-electron chi connectivity index (χ3n) is 5.97. The molecular formula is C26H29Cl2Zr. The Hall–Kier alpha value is -0.617. The van der Waals surface area contributed by atoms with Crippen LogP contribution < -0.4 is 24.8 Å². The first-order valence-corrected chi connectivity index (χ1v) is 11.4. The summed E-state index contributed by atoms with van der Waals surface area (Å²) in [6, 6.07) is 12.2. The summed E-state index contributed by atoms with van der Waals surface area (Å²) in [5.74, 6) is 0. The minimum atomic E-state index is 0. The number of allylic oxidation sites excluding steroid dienone is 4. The Morgan fingerprint density at radius 3 is 1.93 bits per heavy atom. The van der Waals surface area contributed by atoms with E-state index in [4.69, 9.17) is 0 Å². The van der Waals surface area contributed by atoms with Crippen LogP contribution in [0.5, 0.6) is 0 Å². The molecule has 0 radical (unpaired) electrons. The fraction of sp³-hybridized carbons (Fsp3) is 0.385. The van der Waals surface area contributed by atoms with Crippen molar-refractivity contribution >= 4 is 5.57 Å². The Bertz CT molecular complexity index is 985. The van der Waals surface area contributed by atoms with Gasteiger partial charge in [0.15, 0.2) is 0 Å². The molecule has 0 spiro atoms. The molecule has 2 aliphatic carbocycles. The summed E-state index contributed by atoms with van der Waals surface area (Å²) in [6.45, 7) is 13.9. The van der Waals surface area contributed by atoms with E-state index in [1.54, 1.807) is 30.3 Å². The molecule has 2 aromatic carbocycles. The molecule has 0 amide bonds. The fourth-order valence-corrected chi connectivity index (χ4v) is 5.58. The third-order valence-corrected chi connectivity index (χ3v) is 7.45. The number of halogens is 2. The first-order valence-electron chi connectivity index (χ1n) is 9.98. The molecule has 1 unspecified atom stereocenters. The molecule has 0 fully saturated rings. The summed E-state index contributed by atoms with van der Waals surface area (Å²) in [6.07, 6.45) is 7.87. The van der Waals surface area contributed by atoms with Gasteiger partial charge in [-0.2, -0.15) is 0 Å². The van der Waals surface area contributed by atoms with E-state index in [1.165, 1.54) is 39.0 Å². The minimum absolute atomic E-state index is 0. The monoisotopic (exact) mass is 501 g/mol. The Labute approximate surface area is 203 Å². The zero-order valence-corrected chi connectivity index (χ0v) is 22.1. The number of rotatable bonds is 1. The first-order chi connectivity index (χ1) is 12.6. The SMILES string of the molecule is CC(C)(C)c1ccc2c(c1)-c1cc(C(C)(C)C)cc(C3=CC=CC3)c1[CH]2[Zr+2].[Cl-].[Cl-]. The van der Waals surface area contributed by atoms with Crippen molar-refractivity contribution in [2.45, 2.75) is 62.4 Å². The zero-order chi connectivity index (χ0) is 19.6. The van der Waals surface area contributed by atoms with E-state index in [0.29, 0.717) is 3.63 Å². The average molecular weight is 504 g/mol. The molecule has 4 rings (SSSR count). The molecular weight excluding hydrogens is 474 g/mol. The van der Waals surface area contributed by atoms with Gasteiger partial charge in [-0.3, -0.25) is 0 Å². The second kappa shape index (κ2) is 8.49. The summed E-state index contributed by atoms with van der Waals surface area (Å²) in [5.41, 5.74) is 12.2. The first kappa shape index (κ1) is 24.7. The summed E-state index contributed by atoms with van der Waals surface area (Å²) < 4.78 is 0.543. The summed E-state index contributed by atoms with van der Waals surface area (Å²) >= 11 is 1.58. The van der Waals surface area contributed by atoms with Gasteiger partial charge in [-0.15, -0.1) is 0 Å². The molecule has 0 bridgehead atoms. The quantitative estimate of drug-likeness (QED) is 0.550. The maximum Gasteiger partial charge on any atom is -1.00 e. The predicted molar refractivity (Wildman–Crippen MR) is 113 cm³/mol. The van der Waals surface area contributed by atoms with Crippen LogP contribution in [0.25, 0.3) is 16.7 Å². The molecule has 151 valence electrons. The van der Waals surface area contributed by atoms with E-state index >= 15 is 0 Å². The van der Waals surface area contributed by atoms with Crippen molar-refractivity contribution in [1.29, 1.82) is 0 Å². The van der Waals surface area contributed by atoms with Crippen molar-refractivity contribution < 1.29 is 49.5 Å². The second-order valence-corrected chi connectivity index (χ2v) is 11.5. The van der Waals surface area contributed by atoms with Crippen molar-refractivity contribution in [3.63, 3.8) is 0 Å². The van der Waals surface area contributed by atoms with Crippen LogP contribution in [0.2, 0.25) is 0 Å². The predicted octanol–water partition coefficient (Wildman–Crippen LogP) is 1.25. The van der Waals surface area contributed by atoms with E-state index in [1.807, 2.05) is 0 Å². The molecule has 0 saturated carbocycles. The van der Waals surface area contributed by atoms with Crippen LogP contribution in [0.15, 0.2) is 48.6 Å². The molecule has 2 aliphatic rings. The molecule has 0 saturated heterocycles. The van der Waals surface area contributed by atoms with Crippen LogP contribution >= 0.6 is 0 Å². The van der Waals surface area contributed by atoms with Crippen molar-refractivity contribution in [2.24, 2.45) is 0 Å². The van der Waals surface area contributed by atoms with Gasteiger partial charge in [-0.1, -0.05) is 0 Å². The minimum Gasteiger partial charge on any atom is -1.00 e. The van der Waals surface area contributed by atoms with E-state index in [-0.39, 0.29) is 35.6 Å². The molecule has 0 aliphatic heterocycles. The average Bonchev–Trinajstić information content (AvgIpc) is 3.20. The van der Waals surface area contributed by atoms with Crippen molar-refractivity contribution in [2.75, 3.05) is 0 Å². The Morgan fingerprint density at radius 1 is 0.793 bits per heavy atom. The maximum absolute atomic E-state index is 2.48. The van der Waals surface area contributed by atoms with Crippen molar-refractivity contribution in [1.82, 2.24) is 0 Å². The van der Waals surface area contributed by atoms with Crippen LogP contribution in [0.4, 0.5) is 0 Å². The van der Waals surface area contributed by atoms with E-state index in [0.717, 1.165) is 6.42 Å². The third kappa shape index (κ3) is 4.39. The van der Waals surface area contributed by atoms with E-state index in [2.05, 4.69) is 90.1 Å². The molecule has 0 heterocycles. The van der Waals surface area contributed by atoms with Gasteiger partial charge < -0.3 is 24.8 Å². The molecule has 0 nitrogen and oxygen atoms in total. The number of hydrogen-bond donors (Lipinski definition) is 0. The molecule has 0 aromatic heterocycles. The van der Waals surface area contributed by atoms with Crippen molar-refractivity contribution in [3.05, 3.63) is 76.4 Å². The van der Waals surface area contributed by atoms with Crippen LogP contribution in [0, 0.1) is 0 Å². The molecule has 3 heteroatoms. The molecule has 1 atom stereocenters. The van der Waals surface area contributed by atoms with Gasteiger partial charge in [-0.05, 0) is 0 Å². The van der Waals surface area contributed by atoms with E-state index < -0.39 is 0 Å². The van der Waals surface area contributed by atoms with Crippen molar-refractivity contribution in [3.8, 4) is 11.1 Å². The molecule has 0 N–H and O–H groups in total. The topological polar surface area (TPSA) is 0 Å². The van der Waals surface area contributed by atoms with Crippen LogP contribution in [-0.2, 0) is 35.5 Å². The van der Waals surface area contributed by atoms with Crippen LogP contribution in [-0.4, -0.2) is 0 Å². The summed E-state index contributed by atoms with van der Waals surface area (Å²) in [7, 11) is 0. The molecule has 2 aromatic rings. The number of benzene rings is 2. The van der Waals surface area contributed by atoms with Gasteiger partial charge in [-0.25, -0.2) is 0 Å². The van der Waals surface area contributed by atoms with Gasteiger partial charge in [0.1, 0.15) is 0 Å². The number of fused-ring (bicyclic) bond motifs is 3. The second-order valence-electron chi connectivity index (χ2n) is 10.0. The van der Waals surface area contributed by atoms with Crippen LogP contribution in [0.1, 0.15) is 79.4 Å². The largest absolute Gasteiger partial charge is 1.00 e. The summed E-state index contributed by atoms with van der Waals surface area (Å²) in [5, 5.41) is 0. The van der Waals surface area contributed by atoms with E-state index in [9.17, 15) is 0 Å². The normalized spacial score (nSPS) is 17.2. The van der Waals surface area contributed by atoms with Gasteiger partial charge in [0, 0.05) is 0 Å². The number of hydrogen-bond acceptors (Lipinski definition) is 0. The molecule has 29 heavy (non-hydrogen) atoms. The Morgan fingerprint density at radius 2 is 1.38 bits per heavy atom. The smallest absolute Gasteiger partial charge is 1.00 e.